The minimum absolute atomic E-state index is 0.0112. The van der Waals surface area contributed by atoms with Crippen LogP contribution in [0.15, 0.2) is 34.5 Å². The largest absolute Gasteiger partial charge is 0.495 e. The molecule has 0 bridgehead atoms. The van der Waals surface area contributed by atoms with E-state index in [0.717, 1.165) is 18.1 Å². The number of methoxy groups -OCH3 is 1. The number of hydrogen-bond donors (Lipinski definition) is 2. The maximum Gasteiger partial charge on any atom is 0.218 e. The highest BCUT2D eigenvalue weighted by molar-refractivity contribution is 7.93. The fraction of sp³-hybridized carbons (Fsp3) is 0.417. The molecule has 1 saturated carbocycles. The van der Waals surface area contributed by atoms with Gasteiger partial charge in [-0.2, -0.15) is 4.39 Å². The predicted octanol–water partition coefficient (Wildman–Crippen LogP) is 1.47. The van der Waals surface area contributed by atoms with Crippen LogP contribution < -0.4 is 26.4 Å². The van der Waals surface area contributed by atoms with Gasteiger partial charge in [0.25, 0.3) is 0 Å². The van der Waals surface area contributed by atoms with E-state index in [4.69, 9.17) is 10.5 Å². The van der Waals surface area contributed by atoms with Crippen molar-refractivity contribution in [3.63, 3.8) is 0 Å². The molecule has 1 aliphatic carbocycles. The van der Waals surface area contributed by atoms with Crippen LogP contribution in [0.1, 0.15) is 39.2 Å². The number of amidine groups is 1. The first kappa shape index (κ1) is 24.8. The Balaban J connectivity index is 1.79. The van der Waals surface area contributed by atoms with Crippen LogP contribution in [-0.4, -0.2) is 48.5 Å². The number of nitrogens with zero attached hydrogens (tertiary/aromatic N) is 4. The van der Waals surface area contributed by atoms with Crippen LogP contribution in [0.5, 0.6) is 5.75 Å². The van der Waals surface area contributed by atoms with Crippen molar-refractivity contribution in [2.24, 2.45) is 21.6 Å². The minimum Gasteiger partial charge on any atom is -0.495 e. The van der Waals surface area contributed by atoms with Gasteiger partial charge in [-0.05, 0) is 58.4 Å². The number of aromatic nitrogens is 2. The summed E-state index contributed by atoms with van der Waals surface area (Å²) in [5.41, 5.74) is 5.17. The summed E-state index contributed by atoms with van der Waals surface area (Å²) in [6.07, 6.45) is 6.23. The SMILES string of the molecule is C=N/C(Nc1cnc(F)c([C@]2(C)CS(=O)(=O)[C@@](C)(C3CC3)C(N)=N2)c1)=c1/ncc(OC)c/c1=C/C. The number of rotatable bonds is 6. The van der Waals surface area contributed by atoms with Gasteiger partial charge in [-0.25, -0.2) is 23.4 Å². The molecular formula is C24H29FN6O3S. The van der Waals surface area contributed by atoms with Crippen molar-refractivity contribution in [1.29, 1.82) is 0 Å². The summed E-state index contributed by atoms with van der Waals surface area (Å²) in [7, 11) is -2.16. The molecule has 1 aliphatic heterocycles. The van der Waals surface area contributed by atoms with Crippen molar-refractivity contribution in [3.05, 3.63) is 46.6 Å². The van der Waals surface area contributed by atoms with Crippen molar-refractivity contribution in [3.8, 4) is 5.75 Å². The third kappa shape index (κ3) is 4.18. The maximum absolute atomic E-state index is 15.0. The number of hydrogen-bond acceptors (Lipinski definition) is 9. The molecule has 0 saturated heterocycles. The molecule has 11 heteroatoms. The number of nitrogens with one attached hydrogen (secondary N) is 1. The highest BCUT2D eigenvalue weighted by atomic mass is 32.2. The lowest BCUT2D eigenvalue weighted by atomic mass is 9.93. The van der Waals surface area contributed by atoms with Crippen LogP contribution in [0.2, 0.25) is 0 Å². The van der Waals surface area contributed by atoms with Gasteiger partial charge < -0.3 is 15.8 Å². The Morgan fingerprint density at radius 2 is 2.03 bits per heavy atom. The second kappa shape index (κ2) is 8.71. The minimum atomic E-state index is -3.71. The molecule has 186 valence electrons. The summed E-state index contributed by atoms with van der Waals surface area (Å²) in [4.78, 5) is 16.8. The molecule has 2 aromatic rings. The summed E-state index contributed by atoms with van der Waals surface area (Å²) in [6.45, 7) is 8.64. The van der Waals surface area contributed by atoms with E-state index in [9.17, 15) is 12.8 Å². The summed E-state index contributed by atoms with van der Waals surface area (Å²) in [5, 5.41) is 4.31. The Morgan fingerprint density at radius 1 is 1.31 bits per heavy atom. The third-order valence-corrected chi connectivity index (χ3v) is 9.63. The number of halogens is 1. The Hall–Kier alpha value is -3.34. The van der Waals surface area contributed by atoms with Crippen LogP contribution in [-0.2, 0) is 15.4 Å². The Bertz CT molecular complexity index is 1450. The summed E-state index contributed by atoms with van der Waals surface area (Å²) >= 11 is 0. The normalized spacial score (nSPS) is 27.1. The van der Waals surface area contributed by atoms with Gasteiger partial charge in [0.1, 0.15) is 27.2 Å². The van der Waals surface area contributed by atoms with Crippen molar-refractivity contribution >= 4 is 40.0 Å². The third-order valence-electron chi connectivity index (χ3n) is 6.85. The zero-order chi connectivity index (χ0) is 25.6. The smallest absolute Gasteiger partial charge is 0.218 e. The van der Waals surface area contributed by atoms with Gasteiger partial charge in [-0.3, -0.25) is 4.99 Å². The molecule has 2 aromatic heterocycles. The van der Waals surface area contributed by atoms with Gasteiger partial charge in [-0.15, -0.1) is 0 Å². The second-order valence-corrected chi connectivity index (χ2v) is 11.6. The van der Waals surface area contributed by atoms with Gasteiger partial charge in [0, 0.05) is 10.8 Å². The molecule has 0 aromatic carbocycles. The molecule has 2 aliphatic rings. The highest BCUT2D eigenvalue weighted by Gasteiger charge is 2.59. The summed E-state index contributed by atoms with van der Waals surface area (Å²) in [5.74, 6) is -0.354. The first-order valence-corrected chi connectivity index (χ1v) is 12.8. The zero-order valence-electron chi connectivity index (χ0n) is 20.2. The molecular weight excluding hydrogens is 471 g/mol. The van der Waals surface area contributed by atoms with Gasteiger partial charge in [0.15, 0.2) is 15.7 Å². The Morgan fingerprint density at radius 3 is 2.60 bits per heavy atom. The lowest BCUT2D eigenvalue weighted by molar-refractivity contribution is 0.412. The second-order valence-electron chi connectivity index (χ2n) is 9.21. The topological polar surface area (TPSA) is 132 Å². The van der Waals surface area contributed by atoms with Crippen LogP contribution >= 0.6 is 0 Å². The lowest BCUT2D eigenvalue weighted by Gasteiger charge is -2.40. The molecule has 9 nitrogen and oxygen atoms in total. The van der Waals surface area contributed by atoms with Gasteiger partial charge >= 0.3 is 0 Å². The number of sulfone groups is 1. The number of nitrogens with two attached hydrogens (primary N) is 1. The molecule has 3 heterocycles. The average molecular weight is 501 g/mol. The molecule has 0 spiro atoms. The fourth-order valence-corrected chi connectivity index (χ4v) is 6.89. The molecule has 35 heavy (non-hydrogen) atoms. The van der Waals surface area contributed by atoms with E-state index in [0.29, 0.717) is 22.6 Å². The van der Waals surface area contributed by atoms with E-state index in [2.05, 4.69) is 32.0 Å². The predicted molar refractivity (Wildman–Crippen MR) is 135 cm³/mol. The van der Waals surface area contributed by atoms with Crippen molar-refractivity contribution in [2.75, 3.05) is 18.2 Å². The van der Waals surface area contributed by atoms with Crippen LogP contribution in [0.4, 0.5) is 10.1 Å². The molecule has 3 N–H and O–H groups in total. The highest BCUT2D eigenvalue weighted by Crippen LogP contribution is 2.49. The molecule has 4 rings (SSSR count). The standard InChI is InChI=1S/C24H29FN6O3S/c1-6-14-9-17(34-5)12-28-19(14)21(27-4)30-16-10-18(20(25)29-11-16)23(2)13-35(32,33)24(3,15-7-8-15)22(26)31-23/h6,9-12,15,30H,4,7-8,13H2,1-3,5H3,(H2,26,31)/b14-6-,21-19-/t23-,24-/m0/s1. The average Bonchev–Trinajstić information content (AvgIpc) is 3.67. The number of anilines is 1. The summed E-state index contributed by atoms with van der Waals surface area (Å²) in [6, 6.07) is 3.27. The van der Waals surface area contributed by atoms with Crippen molar-refractivity contribution < 1.29 is 17.5 Å². The van der Waals surface area contributed by atoms with E-state index in [1.54, 1.807) is 33.2 Å². The number of pyridine rings is 2. The van der Waals surface area contributed by atoms with E-state index >= 15 is 0 Å². The molecule has 0 radical (unpaired) electrons. The molecule has 0 unspecified atom stereocenters. The van der Waals surface area contributed by atoms with Crippen molar-refractivity contribution in [2.45, 2.75) is 43.9 Å². The quantitative estimate of drug-likeness (QED) is 0.453. The van der Waals surface area contributed by atoms with Crippen LogP contribution in [0.3, 0.4) is 0 Å². The summed E-state index contributed by atoms with van der Waals surface area (Å²) < 4.78 is 45.7. The van der Waals surface area contributed by atoms with Crippen molar-refractivity contribution in [1.82, 2.24) is 9.97 Å². The maximum atomic E-state index is 15.0. The van der Waals surface area contributed by atoms with Crippen LogP contribution in [0.25, 0.3) is 11.9 Å². The number of aliphatic imine (C=N–C) groups is 2. The zero-order valence-corrected chi connectivity index (χ0v) is 21.0. The molecule has 2 atom stereocenters. The van der Waals surface area contributed by atoms with Gasteiger partial charge in [0.05, 0.1) is 30.9 Å². The van der Waals surface area contributed by atoms with Gasteiger partial charge in [0.2, 0.25) is 5.95 Å². The molecule has 0 amide bonds. The van der Waals surface area contributed by atoms with E-state index in [1.165, 1.54) is 12.3 Å². The van der Waals surface area contributed by atoms with Crippen LogP contribution in [0, 0.1) is 11.9 Å². The first-order valence-electron chi connectivity index (χ1n) is 11.2. The van der Waals surface area contributed by atoms with E-state index < -0.39 is 26.1 Å². The number of ether oxygens (including phenoxy) is 1. The first-order chi connectivity index (χ1) is 16.5. The lowest BCUT2D eigenvalue weighted by Crippen LogP contribution is -2.58. The Kier molecular flexibility index (Phi) is 6.16. The Labute approximate surface area is 203 Å². The van der Waals surface area contributed by atoms with E-state index in [-0.39, 0.29) is 23.1 Å². The fourth-order valence-electron chi connectivity index (χ4n) is 4.52. The molecule has 1 fully saturated rings. The van der Waals surface area contributed by atoms with Gasteiger partial charge in [-0.1, -0.05) is 6.08 Å². The monoisotopic (exact) mass is 500 g/mol. The van der Waals surface area contributed by atoms with E-state index in [1.807, 2.05) is 13.0 Å².